The van der Waals surface area contributed by atoms with Crippen LogP contribution in [0.25, 0.3) is 10.9 Å². The summed E-state index contributed by atoms with van der Waals surface area (Å²) in [5.41, 5.74) is 5.77. The van der Waals surface area contributed by atoms with Gasteiger partial charge in [0.1, 0.15) is 0 Å². The number of morpholine rings is 1. The number of aromatic amines is 1. The molecule has 3 aromatic rings. The molecule has 0 radical (unpaired) electrons. The molecule has 1 aliphatic carbocycles. The van der Waals surface area contributed by atoms with Crippen LogP contribution in [0.4, 0.5) is 0 Å². The lowest BCUT2D eigenvalue weighted by molar-refractivity contribution is 0.0332. The SMILES string of the molecule is O=C(NC(CN1CCOCC1)c1ccccc1)c1ccc2[nH]c3c(c2c1)CCCC3. The van der Waals surface area contributed by atoms with Crippen LogP contribution >= 0.6 is 0 Å². The minimum absolute atomic E-state index is 0.00947. The predicted octanol–water partition coefficient (Wildman–Crippen LogP) is 3.85. The zero-order valence-corrected chi connectivity index (χ0v) is 17.3. The molecule has 0 saturated carbocycles. The molecule has 2 aromatic carbocycles. The lowest BCUT2D eigenvalue weighted by Crippen LogP contribution is -2.43. The van der Waals surface area contributed by atoms with Crippen LogP contribution in [0.5, 0.6) is 0 Å². The quantitative estimate of drug-likeness (QED) is 0.680. The van der Waals surface area contributed by atoms with E-state index in [1.165, 1.54) is 29.5 Å². The number of rotatable bonds is 5. The Morgan fingerprint density at radius 3 is 2.70 bits per heavy atom. The Labute approximate surface area is 177 Å². The van der Waals surface area contributed by atoms with Crippen molar-refractivity contribution in [3.05, 3.63) is 70.9 Å². The molecule has 5 nitrogen and oxygen atoms in total. The predicted molar refractivity (Wildman–Crippen MR) is 119 cm³/mol. The molecule has 2 N–H and O–H groups in total. The van der Waals surface area contributed by atoms with Crippen LogP contribution in [-0.2, 0) is 17.6 Å². The number of fused-ring (bicyclic) bond motifs is 3. The number of aromatic nitrogens is 1. The molecular formula is C25H29N3O2. The summed E-state index contributed by atoms with van der Waals surface area (Å²) in [6.45, 7) is 4.11. The second-order valence-electron chi connectivity index (χ2n) is 8.40. The topological polar surface area (TPSA) is 57.4 Å². The van der Waals surface area contributed by atoms with Crippen molar-refractivity contribution < 1.29 is 9.53 Å². The summed E-state index contributed by atoms with van der Waals surface area (Å²) in [4.78, 5) is 19.2. The molecule has 30 heavy (non-hydrogen) atoms. The number of nitrogens with one attached hydrogen (secondary N) is 2. The third kappa shape index (κ3) is 4.00. The zero-order chi connectivity index (χ0) is 20.3. The van der Waals surface area contributed by atoms with Crippen molar-refractivity contribution in [2.75, 3.05) is 32.8 Å². The first kappa shape index (κ1) is 19.3. The van der Waals surface area contributed by atoms with Crippen molar-refractivity contribution in [3.63, 3.8) is 0 Å². The van der Waals surface area contributed by atoms with Gasteiger partial charge in [0.15, 0.2) is 0 Å². The normalized spacial score (nSPS) is 18.1. The van der Waals surface area contributed by atoms with Gasteiger partial charge in [0.05, 0.1) is 19.3 Å². The van der Waals surface area contributed by atoms with E-state index in [0.29, 0.717) is 0 Å². The van der Waals surface area contributed by atoms with Gasteiger partial charge in [-0.15, -0.1) is 0 Å². The number of amides is 1. The number of aryl methyl sites for hydroxylation is 2. The number of hydrogen-bond donors (Lipinski definition) is 2. The van der Waals surface area contributed by atoms with E-state index in [-0.39, 0.29) is 11.9 Å². The van der Waals surface area contributed by atoms with Crippen LogP contribution in [0.3, 0.4) is 0 Å². The second kappa shape index (κ2) is 8.62. The smallest absolute Gasteiger partial charge is 0.251 e. The molecule has 2 aliphatic rings. The highest BCUT2D eigenvalue weighted by Crippen LogP contribution is 2.30. The number of nitrogens with zero attached hydrogens (tertiary/aromatic N) is 1. The van der Waals surface area contributed by atoms with Gasteiger partial charge in [0.2, 0.25) is 0 Å². The van der Waals surface area contributed by atoms with Crippen LogP contribution < -0.4 is 5.32 Å². The number of carbonyl (C=O) groups excluding carboxylic acids is 1. The van der Waals surface area contributed by atoms with Crippen molar-refractivity contribution in [1.29, 1.82) is 0 Å². The lowest BCUT2D eigenvalue weighted by atomic mass is 9.95. The summed E-state index contributed by atoms with van der Waals surface area (Å²) >= 11 is 0. The van der Waals surface area contributed by atoms with Gasteiger partial charge in [0.25, 0.3) is 5.91 Å². The number of hydrogen-bond acceptors (Lipinski definition) is 3. The van der Waals surface area contributed by atoms with Crippen LogP contribution in [0, 0.1) is 0 Å². The van der Waals surface area contributed by atoms with Gasteiger partial charge in [-0.25, -0.2) is 0 Å². The Balaban J connectivity index is 1.39. The Hall–Kier alpha value is -2.63. The zero-order valence-electron chi connectivity index (χ0n) is 17.3. The number of benzene rings is 2. The maximum absolute atomic E-state index is 13.2. The molecule has 0 bridgehead atoms. The van der Waals surface area contributed by atoms with E-state index in [9.17, 15) is 4.79 Å². The van der Waals surface area contributed by atoms with E-state index >= 15 is 0 Å². The number of carbonyl (C=O) groups is 1. The third-order valence-corrected chi connectivity index (χ3v) is 6.41. The van der Waals surface area contributed by atoms with E-state index < -0.39 is 0 Å². The van der Waals surface area contributed by atoms with Gasteiger partial charge >= 0.3 is 0 Å². The minimum atomic E-state index is -0.0485. The average molecular weight is 404 g/mol. The first-order chi connectivity index (χ1) is 14.8. The molecule has 1 unspecified atom stereocenters. The van der Waals surface area contributed by atoms with Crippen LogP contribution in [-0.4, -0.2) is 48.6 Å². The van der Waals surface area contributed by atoms with Gasteiger partial charge in [-0.05, 0) is 55.0 Å². The second-order valence-corrected chi connectivity index (χ2v) is 8.40. The molecule has 0 spiro atoms. The summed E-state index contributed by atoms with van der Waals surface area (Å²) in [6, 6.07) is 16.3. The van der Waals surface area contributed by atoms with Gasteiger partial charge in [-0.2, -0.15) is 0 Å². The van der Waals surface area contributed by atoms with E-state index in [4.69, 9.17) is 4.74 Å². The van der Waals surface area contributed by atoms with E-state index in [1.807, 2.05) is 24.3 Å². The Kier molecular flexibility index (Phi) is 5.56. The Morgan fingerprint density at radius 1 is 1.07 bits per heavy atom. The molecule has 5 rings (SSSR count). The van der Waals surface area contributed by atoms with E-state index in [2.05, 4.69) is 39.5 Å². The van der Waals surface area contributed by atoms with Crippen molar-refractivity contribution in [2.45, 2.75) is 31.7 Å². The fourth-order valence-corrected chi connectivity index (χ4v) is 4.75. The first-order valence-electron chi connectivity index (χ1n) is 11.1. The van der Waals surface area contributed by atoms with Gasteiger partial charge < -0.3 is 15.0 Å². The van der Waals surface area contributed by atoms with Crippen molar-refractivity contribution >= 4 is 16.8 Å². The van der Waals surface area contributed by atoms with Gasteiger partial charge in [-0.1, -0.05) is 30.3 Å². The van der Waals surface area contributed by atoms with Crippen molar-refractivity contribution in [3.8, 4) is 0 Å². The van der Waals surface area contributed by atoms with Crippen molar-refractivity contribution in [1.82, 2.24) is 15.2 Å². The first-order valence-corrected chi connectivity index (χ1v) is 11.1. The largest absolute Gasteiger partial charge is 0.379 e. The Morgan fingerprint density at radius 2 is 1.87 bits per heavy atom. The highest BCUT2D eigenvalue weighted by atomic mass is 16.5. The third-order valence-electron chi connectivity index (χ3n) is 6.41. The highest BCUT2D eigenvalue weighted by molar-refractivity contribution is 5.99. The summed E-state index contributed by atoms with van der Waals surface area (Å²) < 4.78 is 5.48. The number of H-pyrrole nitrogens is 1. The molecule has 1 fully saturated rings. The minimum Gasteiger partial charge on any atom is -0.379 e. The molecule has 1 aliphatic heterocycles. The monoisotopic (exact) mass is 403 g/mol. The molecule has 1 aromatic heterocycles. The van der Waals surface area contributed by atoms with Crippen LogP contribution in [0.1, 0.15) is 46.1 Å². The molecule has 1 amide bonds. The standard InChI is InChI=1S/C25H29N3O2/c29-25(19-10-11-23-21(16-19)20-8-4-5-9-22(20)26-23)27-24(18-6-2-1-3-7-18)17-28-12-14-30-15-13-28/h1-3,6-7,10-11,16,24,26H,4-5,8-9,12-15,17H2,(H,27,29). The summed E-state index contributed by atoms with van der Waals surface area (Å²) in [5.74, 6) is -0.00947. The summed E-state index contributed by atoms with van der Waals surface area (Å²) in [5, 5.41) is 4.51. The Bertz CT molecular complexity index is 1020. The molecular weight excluding hydrogens is 374 g/mol. The van der Waals surface area contributed by atoms with E-state index in [1.54, 1.807) is 0 Å². The van der Waals surface area contributed by atoms with Crippen LogP contribution in [0.15, 0.2) is 48.5 Å². The summed E-state index contributed by atoms with van der Waals surface area (Å²) in [6.07, 6.45) is 4.69. The van der Waals surface area contributed by atoms with Gasteiger partial charge in [-0.3, -0.25) is 9.69 Å². The van der Waals surface area contributed by atoms with Crippen molar-refractivity contribution in [2.24, 2.45) is 0 Å². The molecule has 5 heteroatoms. The highest BCUT2D eigenvalue weighted by Gasteiger charge is 2.22. The maximum atomic E-state index is 13.2. The summed E-state index contributed by atoms with van der Waals surface area (Å²) in [7, 11) is 0. The number of ether oxygens (including phenoxy) is 1. The molecule has 1 saturated heterocycles. The van der Waals surface area contributed by atoms with Gasteiger partial charge in [0, 0.05) is 41.8 Å². The fourth-order valence-electron chi connectivity index (χ4n) is 4.75. The molecule has 1 atom stereocenters. The molecule has 156 valence electrons. The maximum Gasteiger partial charge on any atom is 0.251 e. The lowest BCUT2D eigenvalue weighted by Gasteiger charge is -2.31. The fraction of sp³-hybridized carbons (Fsp3) is 0.400. The average Bonchev–Trinajstić information content (AvgIpc) is 3.18. The van der Waals surface area contributed by atoms with Crippen LogP contribution in [0.2, 0.25) is 0 Å². The van der Waals surface area contributed by atoms with E-state index in [0.717, 1.165) is 62.3 Å². The molecule has 2 heterocycles.